The first kappa shape index (κ1) is 18.7. The van der Waals surface area contributed by atoms with E-state index in [4.69, 9.17) is 0 Å². The molecule has 0 unspecified atom stereocenters. The second kappa shape index (κ2) is 7.29. The summed E-state index contributed by atoms with van der Waals surface area (Å²) >= 11 is 0. The lowest BCUT2D eigenvalue weighted by atomic mass is 9.86. The molecule has 0 radical (unpaired) electrons. The minimum atomic E-state index is -3.47. The molecule has 1 aliphatic heterocycles. The van der Waals surface area contributed by atoms with Crippen molar-refractivity contribution in [2.75, 3.05) is 32.7 Å². The minimum Gasteiger partial charge on any atom is -0.300 e. The smallest absolute Gasteiger partial charge is 0.248 e. The minimum absolute atomic E-state index is 0.00602. The average Bonchev–Trinajstić information content (AvgIpc) is 2.55. The number of hydrogen-bond acceptors (Lipinski definition) is 3. The van der Waals surface area contributed by atoms with Crippen LogP contribution in [0.15, 0.2) is 29.2 Å². The summed E-state index contributed by atoms with van der Waals surface area (Å²) in [4.78, 5) is 2.45. The Morgan fingerprint density at radius 1 is 1.12 bits per heavy atom. The first-order valence-electron chi connectivity index (χ1n) is 8.93. The van der Waals surface area contributed by atoms with Gasteiger partial charge in [0.2, 0.25) is 15.9 Å². The van der Waals surface area contributed by atoms with Crippen molar-refractivity contribution in [1.82, 2.24) is 9.21 Å². The normalized spacial score (nSPS) is 25.8. The Kier molecular flexibility index (Phi) is 5.46. The monoisotopic (exact) mass is 372 g/mol. The molecule has 1 aromatic rings. The van der Waals surface area contributed by atoms with Gasteiger partial charge in [-0.15, -0.1) is 0 Å². The van der Waals surface area contributed by atoms with Crippen molar-refractivity contribution in [2.24, 2.45) is 5.92 Å². The Labute approximate surface area is 148 Å². The number of rotatable bonds is 4. The zero-order valence-corrected chi connectivity index (χ0v) is 15.4. The lowest BCUT2D eigenvalue weighted by molar-refractivity contribution is -0.0577. The predicted molar refractivity (Wildman–Crippen MR) is 93.3 cm³/mol. The zero-order valence-electron chi connectivity index (χ0n) is 14.6. The van der Waals surface area contributed by atoms with Gasteiger partial charge in [0, 0.05) is 45.6 Å². The van der Waals surface area contributed by atoms with Gasteiger partial charge in [0.15, 0.2) is 0 Å². The van der Waals surface area contributed by atoms with Crippen LogP contribution in [0, 0.1) is 12.8 Å². The fourth-order valence-electron chi connectivity index (χ4n) is 3.81. The van der Waals surface area contributed by atoms with Crippen molar-refractivity contribution in [3.8, 4) is 0 Å². The quantitative estimate of drug-likeness (QED) is 0.815. The second-order valence-electron chi connectivity index (χ2n) is 7.34. The van der Waals surface area contributed by atoms with Crippen molar-refractivity contribution in [3.05, 3.63) is 29.8 Å². The summed E-state index contributed by atoms with van der Waals surface area (Å²) in [5.41, 5.74) is 1.02. The lowest BCUT2D eigenvalue weighted by Crippen LogP contribution is -2.50. The molecule has 1 heterocycles. The van der Waals surface area contributed by atoms with Crippen LogP contribution in [0.5, 0.6) is 0 Å². The van der Waals surface area contributed by atoms with Crippen molar-refractivity contribution in [1.29, 1.82) is 0 Å². The highest BCUT2D eigenvalue weighted by Crippen LogP contribution is 2.37. The van der Waals surface area contributed by atoms with E-state index < -0.39 is 15.9 Å². The third-order valence-corrected chi connectivity index (χ3v) is 7.16. The molecule has 0 N–H and O–H groups in total. The molecule has 1 saturated carbocycles. The maximum Gasteiger partial charge on any atom is 0.248 e. The predicted octanol–water partition coefficient (Wildman–Crippen LogP) is 3.13. The number of benzene rings is 1. The molecule has 1 atom stereocenters. The molecule has 1 aliphatic carbocycles. The van der Waals surface area contributed by atoms with Gasteiger partial charge in [-0.25, -0.2) is 17.2 Å². The standard InChI is InChI=1S/C18H26F2N2O2S/c1-15-4-6-17(7-5-15)25(23,24)22-11-9-21(10-12-22)14-16-3-2-8-18(19,20)13-16/h4-7,16H,2-3,8-14H2,1H3/t16-/m0/s1. The molecular formula is C18H26F2N2O2S. The molecule has 25 heavy (non-hydrogen) atoms. The fraction of sp³-hybridized carbons (Fsp3) is 0.667. The highest BCUT2D eigenvalue weighted by Gasteiger charge is 2.37. The van der Waals surface area contributed by atoms with Crippen LogP contribution in [0.4, 0.5) is 8.78 Å². The van der Waals surface area contributed by atoms with Crippen LogP contribution in [0.3, 0.4) is 0 Å². The third-order valence-electron chi connectivity index (χ3n) is 5.25. The summed E-state index contributed by atoms with van der Waals surface area (Å²) in [7, 11) is -3.47. The topological polar surface area (TPSA) is 40.6 Å². The molecule has 0 amide bonds. The number of halogens is 2. The lowest BCUT2D eigenvalue weighted by Gasteiger charge is -2.37. The van der Waals surface area contributed by atoms with Gasteiger partial charge in [-0.3, -0.25) is 0 Å². The Morgan fingerprint density at radius 3 is 2.36 bits per heavy atom. The molecule has 1 aromatic carbocycles. The van der Waals surface area contributed by atoms with Crippen LogP contribution in [0.25, 0.3) is 0 Å². The Balaban J connectivity index is 1.55. The van der Waals surface area contributed by atoms with Gasteiger partial charge in [0.05, 0.1) is 4.90 Å². The molecule has 1 saturated heterocycles. The van der Waals surface area contributed by atoms with E-state index in [1.54, 1.807) is 24.3 Å². The molecular weight excluding hydrogens is 346 g/mol. The first-order chi connectivity index (χ1) is 11.8. The van der Waals surface area contributed by atoms with Gasteiger partial charge < -0.3 is 4.90 Å². The average molecular weight is 372 g/mol. The maximum atomic E-state index is 13.5. The number of alkyl halides is 2. The Bertz CT molecular complexity index is 684. The van der Waals surface area contributed by atoms with Gasteiger partial charge in [0.25, 0.3) is 0 Å². The van der Waals surface area contributed by atoms with E-state index in [1.807, 2.05) is 6.92 Å². The van der Waals surface area contributed by atoms with Gasteiger partial charge in [-0.05, 0) is 37.8 Å². The van der Waals surface area contributed by atoms with Gasteiger partial charge >= 0.3 is 0 Å². The van der Waals surface area contributed by atoms with Crippen molar-refractivity contribution >= 4 is 10.0 Å². The van der Waals surface area contributed by atoms with Gasteiger partial charge in [0.1, 0.15) is 0 Å². The number of sulfonamides is 1. The number of hydrogen-bond donors (Lipinski definition) is 0. The van der Waals surface area contributed by atoms with E-state index in [0.717, 1.165) is 12.0 Å². The maximum absolute atomic E-state index is 13.5. The highest BCUT2D eigenvalue weighted by atomic mass is 32.2. The molecule has 0 aromatic heterocycles. The van der Waals surface area contributed by atoms with E-state index in [2.05, 4.69) is 4.90 Å². The molecule has 4 nitrogen and oxygen atoms in total. The highest BCUT2D eigenvalue weighted by molar-refractivity contribution is 7.89. The van der Waals surface area contributed by atoms with Gasteiger partial charge in [-0.1, -0.05) is 17.7 Å². The molecule has 0 bridgehead atoms. The van der Waals surface area contributed by atoms with E-state index in [0.29, 0.717) is 44.0 Å². The van der Waals surface area contributed by atoms with Crippen molar-refractivity contribution in [3.63, 3.8) is 0 Å². The van der Waals surface area contributed by atoms with Crippen LogP contribution in [0.2, 0.25) is 0 Å². The van der Waals surface area contributed by atoms with Crippen LogP contribution in [-0.4, -0.2) is 56.3 Å². The SMILES string of the molecule is Cc1ccc(S(=O)(=O)N2CCN(C[C@H]3CCCC(F)(F)C3)CC2)cc1. The molecule has 0 spiro atoms. The van der Waals surface area contributed by atoms with Crippen molar-refractivity contribution < 1.29 is 17.2 Å². The van der Waals surface area contributed by atoms with Crippen LogP contribution in [0.1, 0.15) is 31.2 Å². The van der Waals surface area contributed by atoms with Crippen LogP contribution in [-0.2, 0) is 10.0 Å². The summed E-state index contributed by atoms with van der Waals surface area (Å²) in [6.45, 7) is 4.61. The summed E-state index contributed by atoms with van der Waals surface area (Å²) in [6, 6.07) is 6.88. The number of aryl methyl sites for hydroxylation is 1. The molecule has 140 valence electrons. The third kappa shape index (κ3) is 4.57. The van der Waals surface area contributed by atoms with Crippen molar-refractivity contribution in [2.45, 2.75) is 43.4 Å². The summed E-state index contributed by atoms with van der Waals surface area (Å²) < 4.78 is 54.0. The fourth-order valence-corrected chi connectivity index (χ4v) is 5.23. The Morgan fingerprint density at radius 2 is 1.76 bits per heavy atom. The largest absolute Gasteiger partial charge is 0.300 e. The molecule has 7 heteroatoms. The molecule has 2 fully saturated rings. The second-order valence-corrected chi connectivity index (χ2v) is 9.27. The number of piperazine rings is 1. The van der Waals surface area contributed by atoms with Gasteiger partial charge in [-0.2, -0.15) is 4.31 Å². The zero-order chi connectivity index (χ0) is 18.1. The number of nitrogens with zero attached hydrogens (tertiary/aromatic N) is 2. The van der Waals surface area contributed by atoms with E-state index >= 15 is 0 Å². The van der Waals surface area contributed by atoms with Crippen LogP contribution >= 0.6 is 0 Å². The Hall–Kier alpha value is -1.05. The summed E-state index contributed by atoms with van der Waals surface area (Å²) in [6.07, 6.45) is 1.40. The van der Waals surface area contributed by atoms with E-state index in [9.17, 15) is 17.2 Å². The summed E-state index contributed by atoms with van der Waals surface area (Å²) in [5.74, 6) is -2.51. The first-order valence-corrected chi connectivity index (χ1v) is 10.4. The van der Waals surface area contributed by atoms with E-state index in [-0.39, 0.29) is 18.8 Å². The summed E-state index contributed by atoms with van der Waals surface area (Å²) in [5, 5.41) is 0. The van der Waals surface area contributed by atoms with Crippen LogP contribution < -0.4 is 0 Å². The van der Waals surface area contributed by atoms with E-state index in [1.165, 1.54) is 4.31 Å². The molecule has 2 aliphatic rings. The molecule has 3 rings (SSSR count).